The van der Waals surface area contributed by atoms with Crippen molar-refractivity contribution in [1.82, 2.24) is 10.2 Å². The van der Waals surface area contributed by atoms with Crippen LogP contribution >= 0.6 is 0 Å². The van der Waals surface area contributed by atoms with Crippen molar-refractivity contribution in [2.75, 3.05) is 20.1 Å². The third-order valence-electron chi connectivity index (χ3n) is 2.45. The minimum atomic E-state index is -0.927. The largest absolute Gasteiger partial charge is 0.480 e. The predicted octanol–water partition coefficient (Wildman–Crippen LogP) is 0.554. The number of rotatable bonds is 7. The Bertz CT molecular complexity index is 241. The molecule has 2 N–H and O–H groups in total. The molecule has 0 aliphatic carbocycles. The lowest BCUT2D eigenvalue weighted by molar-refractivity contribution is -0.139. The minimum Gasteiger partial charge on any atom is -0.480 e. The first-order chi connectivity index (χ1) is 7.34. The zero-order chi connectivity index (χ0) is 12.7. The number of hydrogen-bond donors (Lipinski definition) is 2. The third-order valence-corrected chi connectivity index (χ3v) is 2.45. The first-order valence-electron chi connectivity index (χ1n) is 5.54. The molecule has 16 heavy (non-hydrogen) atoms. The standard InChI is InChI=1S/C11H22N2O3/c1-8(2)5-6-12-11(16)9(3)13(4)7-10(14)15/h8-9H,5-7H2,1-4H3,(H,12,16)(H,14,15). The number of hydrogen-bond acceptors (Lipinski definition) is 3. The summed E-state index contributed by atoms with van der Waals surface area (Å²) in [5.74, 6) is -0.499. The maximum atomic E-state index is 11.6. The van der Waals surface area contributed by atoms with Crippen molar-refractivity contribution in [3.63, 3.8) is 0 Å². The quantitative estimate of drug-likeness (QED) is 0.670. The van der Waals surface area contributed by atoms with Crippen molar-refractivity contribution >= 4 is 11.9 Å². The van der Waals surface area contributed by atoms with Gasteiger partial charge in [-0.15, -0.1) is 0 Å². The molecule has 0 radical (unpaired) electrons. The maximum Gasteiger partial charge on any atom is 0.317 e. The minimum absolute atomic E-state index is 0.121. The normalized spacial score (nSPS) is 12.9. The molecule has 1 atom stereocenters. The Kier molecular flexibility index (Phi) is 6.72. The second-order valence-electron chi connectivity index (χ2n) is 4.46. The Balaban J connectivity index is 3.93. The van der Waals surface area contributed by atoms with Crippen LogP contribution in [-0.4, -0.2) is 48.1 Å². The Morgan fingerprint density at radius 2 is 1.88 bits per heavy atom. The van der Waals surface area contributed by atoms with Gasteiger partial charge in [0.05, 0.1) is 12.6 Å². The van der Waals surface area contributed by atoms with Crippen LogP contribution in [0.5, 0.6) is 0 Å². The highest BCUT2D eigenvalue weighted by molar-refractivity contribution is 5.82. The number of carbonyl (C=O) groups excluding carboxylic acids is 1. The molecular formula is C11H22N2O3. The lowest BCUT2D eigenvalue weighted by Crippen LogP contribution is -2.45. The summed E-state index contributed by atoms with van der Waals surface area (Å²) in [6.07, 6.45) is 0.932. The number of carbonyl (C=O) groups is 2. The van der Waals surface area contributed by atoms with Crippen LogP contribution in [0.2, 0.25) is 0 Å². The molecule has 0 aromatic heterocycles. The van der Waals surface area contributed by atoms with Gasteiger partial charge in [-0.3, -0.25) is 14.5 Å². The van der Waals surface area contributed by atoms with Crippen molar-refractivity contribution in [3.05, 3.63) is 0 Å². The molecule has 0 aromatic carbocycles. The molecule has 0 spiro atoms. The summed E-state index contributed by atoms with van der Waals surface area (Å²) in [5.41, 5.74) is 0. The lowest BCUT2D eigenvalue weighted by Gasteiger charge is -2.22. The van der Waals surface area contributed by atoms with E-state index in [0.29, 0.717) is 12.5 Å². The summed E-state index contributed by atoms with van der Waals surface area (Å²) < 4.78 is 0. The van der Waals surface area contributed by atoms with E-state index < -0.39 is 12.0 Å². The van der Waals surface area contributed by atoms with Gasteiger partial charge in [-0.05, 0) is 26.3 Å². The van der Waals surface area contributed by atoms with Crippen molar-refractivity contribution < 1.29 is 14.7 Å². The van der Waals surface area contributed by atoms with Crippen LogP contribution in [-0.2, 0) is 9.59 Å². The van der Waals surface area contributed by atoms with E-state index >= 15 is 0 Å². The van der Waals surface area contributed by atoms with Gasteiger partial charge in [0.25, 0.3) is 0 Å². The van der Waals surface area contributed by atoms with Gasteiger partial charge in [-0.1, -0.05) is 13.8 Å². The molecule has 1 amide bonds. The van der Waals surface area contributed by atoms with Crippen LogP contribution in [0.4, 0.5) is 0 Å². The smallest absolute Gasteiger partial charge is 0.317 e. The van der Waals surface area contributed by atoms with E-state index in [1.165, 1.54) is 4.90 Å². The topological polar surface area (TPSA) is 69.6 Å². The Morgan fingerprint density at radius 3 is 2.31 bits per heavy atom. The molecule has 0 saturated carbocycles. The van der Waals surface area contributed by atoms with Crippen LogP contribution < -0.4 is 5.32 Å². The van der Waals surface area contributed by atoms with Crippen LogP contribution in [0.3, 0.4) is 0 Å². The molecule has 1 unspecified atom stereocenters. The number of aliphatic carboxylic acids is 1. The molecule has 0 saturated heterocycles. The monoisotopic (exact) mass is 230 g/mol. The number of nitrogens with one attached hydrogen (secondary N) is 1. The van der Waals surface area contributed by atoms with Gasteiger partial charge in [-0.25, -0.2) is 0 Å². The van der Waals surface area contributed by atoms with Crippen LogP contribution in [0.15, 0.2) is 0 Å². The fraction of sp³-hybridized carbons (Fsp3) is 0.818. The molecule has 94 valence electrons. The molecule has 0 fully saturated rings. The number of likely N-dealkylation sites (N-methyl/N-ethyl adjacent to an activating group) is 1. The Morgan fingerprint density at radius 1 is 1.31 bits per heavy atom. The average Bonchev–Trinajstić information content (AvgIpc) is 2.14. The van der Waals surface area contributed by atoms with Crippen LogP contribution in [0.1, 0.15) is 27.2 Å². The number of carboxylic acid groups (broad SMARTS) is 1. The molecule has 0 rings (SSSR count). The molecule has 0 bridgehead atoms. The SMILES string of the molecule is CC(C)CCNC(=O)C(C)N(C)CC(=O)O. The molecule has 5 heteroatoms. The Hall–Kier alpha value is -1.10. The van der Waals surface area contributed by atoms with Gasteiger partial charge in [0.1, 0.15) is 0 Å². The molecular weight excluding hydrogens is 208 g/mol. The zero-order valence-corrected chi connectivity index (χ0v) is 10.5. The van der Waals surface area contributed by atoms with E-state index in [4.69, 9.17) is 5.11 Å². The van der Waals surface area contributed by atoms with Gasteiger partial charge in [0, 0.05) is 6.54 Å². The first kappa shape index (κ1) is 14.9. The van der Waals surface area contributed by atoms with E-state index in [1.807, 2.05) is 0 Å². The third kappa shape index (κ3) is 6.40. The highest BCUT2D eigenvalue weighted by Crippen LogP contribution is 1.98. The van der Waals surface area contributed by atoms with E-state index in [9.17, 15) is 9.59 Å². The Labute approximate surface area is 96.8 Å². The summed E-state index contributed by atoms with van der Waals surface area (Å²) in [7, 11) is 1.63. The molecule has 0 heterocycles. The first-order valence-corrected chi connectivity index (χ1v) is 5.54. The fourth-order valence-electron chi connectivity index (χ4n) is 1.18. The van der Waals surface area contributed by atoms with Gasteiger partial charge >= 0.3 is 5.97 Å². The molecule has 0 aliphatic heterocycles. The van der Waals surface area contributed by atoms with Crippen LogP contribution in [0, 0.1) is 5.92 Å². The highest BCUT2D eigenvalue weighted by atomic mass is 16.4. The second kappa shape index (κ2) is 7.22. The highest BCUT2D eigenvalue weighted by Gasteiger charge is 2.19. The summed E-state index contributed by atoms with van der Waals surface area (Å²) in [4.78, 5) is 23.6. The molecule has 5 nitrogen and oxygen atoms in total. The number of carboxylic acids is 1. The maximum absolute atomic E-state index is 11.6. The van der Waals surface area contributed by atoms with E-state index in [1.54, 1.807) is 14.0 Å². The van der Waals surface area contributed by atoms with Gasteiger partial charge in [0.15, 0.2) is 0 Å². The van der Waals surface area contributed by atoms with Crippen molar-refractivity contribution in [2.45, 2.75) is 33.2 Å². The van der Waals surface area contributed by atoms with E-state index in [2.05, 4.69) is 19.2 Å². The van der Waals surface area contributed by atoms with Gasteiger partial charge in [0.2, 0.25) is 5.91 Å². The zero-order valence-electron chi connectivity index (χ0n) is 10.5. The van der Waals surface area contributed by atoms with Crippen molar-refractivity contribution in [3.8, 4) is 0 Å². The summed E-state index contributed by atoms with van der Waals surface area (Å²) >= 11 is 0. The van der Waals surface area contributed by atoms with Gasteiger partial charge in [-0.2, -0.15) is 0 Å². The fourth-order valence-corrected chi connectivity index (χ4v) is 1.18. The average molecular weight is 230 g/mol. The number of nitrogens with zero attached hydrogens (tertiary/aromatic N) is 1. The summed E-state index contributed by atoms with van der Waals surface area (Å²) in [5, 5.41) is 11.4. The van der Waals surface area contributed by atoms with E-state index in [-0.39, 0.29) is 12.5 Å². The van der Waals surface area contributed by atoms with E-state index in [0.717, 1.165) is 6.42 Å². The van der Waals surface area contributed by atoms with Gasteiger partial charge < -0.3 is 10.4 Å². The molecule has 0 aliphatic rings. The summed E-state index contributed by atoms with van der Waals surface area (Å²) in [6, 6.07) is -0.414. The number of amides is 1. The molecule has 0 aromatic rings. The second-order valence-corrected chi connectivity index (χ2v) is 4.46. The van der Waals surface area contributed by atoms with Crippen molar-refractivity contribution in [2.24, 2.45) is 5.92 Å². The van der Waals surface area contributed by atoms with Crippen LogP contribution in [0.25, 0.3) is 0 Å². The predicted molar refractivity (Wildman–Crippen MR) is 62.2 cm³/mol. The lowest BCUT2D eigenvalue weighted by atomic mass is 10.1. The summed E-state index contributed by atoms with van der Waals surface area (Å²) in [6.45, 7) is 6.40. The van der Waals surface area contributed by atoms with Crippen molar-refractivity contribution in [1.29, 1.82) is 0 Å².